The van der Waals surface area contributed by atoms with E-state index in [1.807, 2.05) is 30.3 Å². The van der Waals surface area contributed by atoms with Crippen molar-refractivity contribution in [3.8, 4) is 0 Å². The fourth-order valence-electron chi connectivity index (χ4n) is 2.38. The zero-order valence-corrected chi connectivity index (χ0v) is 15.9. The summed E-state index contributed by atoms with van der Waals surface area (Å²) in [6, 6.07) is 14.5. The molecule has 0 aliphatic rings. The van der Waals surface area contributed by atoms with Gasteiger partial charge in [0.15, 0.2) is 0 Å². The zero-order chi connectivity index (χ0) is 18.6. The van der Waals surface area contributed by atoms with Gasteiger partial charge in [-0.2, -0.15) is 0 Å². The van der Waals surface area contributed by atoms with Crippen LogP contribution in [0.15, 0.2) is 48.5 Å². The van der Waals surface area contributed by atoms with Crippen LogP contribution < -0.4 is 5.32 Å². The Hall–Kier alpha value is -2.04. The summed E-state index contributed by atoms with van der Waals surface area (Å²) in [6.45, 7) is 3.60. The van der Waals surface area contributed by atoms with E-state index in [0.29, 0.717) is 17.3 Å². The molecular weight excluding hydrogens is 359 g/mol. The smallest absolute Gasteiger partial charge is 0.239 e. The maximum Gasteiger partial charge on any atom is 0.239 e. The molecule has 0 spiro atoms. The summed E-state index contributed by atoms with van der Waals surface area (Å²) in [6.07, 6.45) is 0. The third kappa shape index (κ3) is 4.53. The van der Waals surface area contributed by atoms with Crippen LogP contribution in [0.1, 0.15) is 19.4 Å². The molecule has 0 bridgehead atoms. The molecule has 0 unspecified atom stereocenters. The molecule has 0 fully saturated rings. The zero-order valence-electron chi connectivity index (χ0n) is 14.3. The Kier molecular flexibility index (Phi) is 6.09. The first-order valence-corrected chi connectivity index (χ1v) is 8.54. The second kappa shape index (κ2) is 7.89. The van der Waals surface area contributed by atoms with Crippen LogP contribution >= 0.6 is 23.2 Å². The lowest BCUT2D eigenvalue weighted by Crippen LogP contribution is -2.45. The Morgan fingerprint density at radius 3 is 2.32 bits per heavy atom. The molecule has 0 radical (unpaired) electrons. The lowest BCUT2D eigenvalue weighted by atomic mass is 9.90. The van der Waals surface area contributed by atoms with Crippen molar-refractivity contribution in [1.82, 2.24) is 4.90 Å². The molecule has 2 aromatic rings. The van der Waals surface area contributed by atoms with Gasteiger partial charge in [0, 0.05) is 13.6 Å². The molecular formula is C19H20Cl2N2O2. The topological polar surface area (TPSA) is 49.4 Å². The lowest BCUT2D eigenvalue weighted by Gasteiger charge is -2.28. The normalized spacial score (nSPS) is 11.1. The van der Waals surface area contributed by atoms with Crippen molar-refractivity contribution in [2.24, 2.45) is 5.41 Å². The molecule has 0 aliphatic carbocycles. The van der Waals surface area contributed by atoms with E-state index in [-0.39, 0.29) is 10.9 Å². The molecule has 0 atom stereocenters. The standard InChI is InChI=1S/C19H20Cl2N2O2/c1-19(2,17(24)22-15-11-7-10-14(20)16(15)21)18(25)23(3)12-13-8-5-4-6-9-13/h4-11H,12H2,1-3H3,(H,22,24). The predicted molar refractivity (Wildman–Crippen MR) is 102 cm³/mol. The summed E-state index contributed by atoms with van der Waals surface area (Å²) in [4.78, 5) is 26.9. The molecule has 2 rings (SSSR count). The van der Waals surface area contributed by atoms with Crippen molar-refractivity contribution in [2.45, 2.75) is 20.4 Å². The van der Waals surface area contributed by atoms with E-state index in [2.05, 4.69) is 5.32 Å². The van der Waals surface area contributed by atoms with E-state index in [0.717, 1.165) is 5.56 Å². The van der Waals surface area contributed by atoms with Crippen LogP contribution in [0.5, 0.6) is 0 Å². The van der Waals surface area contributed by atoms with Crippen molar-refractivity contribution < 1.29 is 9.59 Å². The number of amides is 2. The van der Waals surface area contributed by atoms with E-state index < -0.39 is 11.3 Å². The average Bonchev–Trinajstić information content (AvgIpc) is 2.59. The molecule has 2 amide bonds. The molecule has 0 aromatic heterocycles. The van der Waals surface area contributed by atoms with Gasteiger partial charge in [-0.1, -0.05) is 59.6 Å². The van der Waals surface area contributed by atoms with Gasteiger partial charge in [0.25, 0.3) is 0 Å². The average molecular weight is 379 g/mol. The molecule has 132 valence electrons. The largest absolute Gasteiger partial charge is 0.341 e. The van der Waals surface area contributed by atoms with Crippen molar-refractivity contribution in [3.63, 3.8) is 0 Å². The Bertz CT molecular complexity index is 776. The first-order chi connectivity index (χ1) is 11.7. The molecule has 0 saturated heterocycles. The van der Waals surface area contributed by atoms with Gasteiger partial charge >= 0.3 is 0 Å². The molecule has 0 saturated carbocycles. The number of hydrogen-bond donors (Lipinski definition) is 1. The molecule has 0 aliphatic heterocycles. The number of anilines is 1. The van der Waals surface area contributed by atoms with E-state index in [1.54, 1.807) is 39.1 Å². The van der Waals surface area contributed by atoms with Crippen LogP contribution in [0.3, 0.4) is 0 Å². The van der Waals surface area contributed by atoms with E-state index in [1.165, 1.54) is 4.90 Å². The minimum Gasteiger partial charge on any atom is -0.341 e. The Balaban J connectivity index is 2.11. The quantitative estimate of drug-likeness (QED) is 0.771. The number of carbonyl (C=O) groups is 2. The van der Waals surface area contributed by atoms with Gasteiger partial charge in [-0.15, -0.1) is 0 Å². The highest BCUT2D eigenvalue weighted by Gasteiger charge is 2.38. The highest BCUT2D eigenvalue weighted by Crippen LogP contribution is 2.31. The summed E-state index contributed by atoms with van der Waals surface area (Å²) < 4.78 is 0. The van der Waals surface area contributed by atoms with Gasteiger partial charge in [0.05, 0.1) is 15.7 Å². The fourth-order valence-corrected chi connectivity index (χ4v) is 2.73. The minimum absolute atomic E-state index is 0.249. The maximum atomic E-state index is 12.8. The van der Waals surface area contributed by atoms with Gasteiger partial charge in [-0.25, -0.2) is 0 Å². The highest BCUT2D eigenvalue weighted by atomic mass is 35.5. The van der Waals surface area contributed by atoms with Crippen molar-refractivity contribution in [2.75, 3.05) is 12.4 Å². The number of nitrogens with zero attached hydrogens (tertiary/aromatic N) is 1. The number of halogens is 2. The number of nitrogens with one attached hydrogen (secondary N) is 1. The first kappa shape index (κ1) is 19.3. The molecule has 6 heteroatoms. The monoisotopic (exact) mass is 378 g/mol. The van der Waals surface area contributed by atoms with E-state index in [4.69, 9.17) is 23.2 Å². The Morgan fingerprint density at radius 2 is 1.68 bits per heavy atom. The van der Waals surface area contributed by atoms with Gasteiger partial charge in [0.1, 0.15) is 5.41 Å². The van der Waals surface area contributed by atoms with Crippen LogP contribution in [-0.2, 0) is 16.1 Å². The molecule has 1 N–H and O–H groups in total. The van der Waals surface area contributed by atoms with E-state index in [9.17, 15) is 9.59 Å². The summed E-state index contributed by atoms with van der Waals surface area (Å²) in [5.41, 5.74) is 0.119. The maximum absolute atomic E-state index is 12.8. The van der Waals surface area contributed by atoms with Crippen LogP contribution in [0.25, 0.3) is 0 Å². The molecule has 4 nitrogen and oxygen atoms in total. The lowest BCUT2D eigenvalue weighted by molar-refractivity contribution is -0.145. The molecule has 25 heavy (non-hydrogen) atoms. The van der Waals surface area contributed by atoms with E-state index >= 15 is 0 Å². The van der Waals surface area contributed by atoms with Crippen molar-refractivity contribution >= 4 is 40.7 Å². The van der Waals surface area contributed by atoms with Crippen molar-refractivity contribution in [1.29, 1.82) is 0 Å². The number of benzene rings is 2. The minimum atomic E-state index is -1.25. The summed E-state index contributed by atoms with van der Waals surface area (Å²) in [5.74, 6) is -0.728. The number of carbonyl (C=O) groups excluding carboxylic acids is 2. The van der Waals surface area contributed by atoms with Crippen LogP contribution in [-0.4, -0.2) is 23.8 Å². The third-order valence-corrected chi connectivity index (χ3v) is 4.73. The van der Waals surface area contributed by atoms with Gasteiger partial charge in [-0.3, -0.25) is 9.59 Å². The first-order valence-electron chi connectivity index (χ1n) is 7.78. The second-order valence-electron chi connectivity index (χ2n) is 6.33. The van der Waals surface area contributed by atoms with Crippen LogP contribution in [0.2, 0.25) is 10.0 Å². The van der Waals surface area contributed by atoms with Gasteiger partial charge < -0.3 is 10.2 Å². The third-order valence-electron chi connectivity index (χ3n) is 3.91. The number of hydrogen-bond acceptors (Lipinski definition) is 2. The van der Waals surface area contributed by atoms with Gasteiger partial charge in [-0.05, 0) is 31.5 Å². The van der Waals surface area contributed by atoms with Crippen LogP contribution in [0.4, 0.5) is 5.69 Å². The molecule has 2 aromatic carbocycles. The van der Waals surface area contributed by atoms with Crippen LogP contribution in [0, 0.1) is 5.41 Å². The molecule has 0 heterocycles. The predicted octanol–water partition coefficient (Wildman–Crippen LogP) is 4.62. The Morgan fingerprint density at radius 1 is 1.04 bits per heavy atom. The Labute approximate surface area is 157 Å². The highest BCUT2D eigenvalue weighted by molar-refractivity contribution is 6.44. The van der Waals surface area contributed by atoms with Gasteiger partial charge in [0.2, 0.25) is 11.8 Å². The summed E-state index contributed by atoms with van der Waals surface area (Å²) >= 11 is 12.1. The van der Waals surface area contributed by atoms with Crippen molar-refractivity contribution in [3.05, 3.63) is 64.1 Å². The fraction of sp³-hybridized carbons (Fsp3) is 0.263. The summed E-state index contributed by atoms with van der Waals surface area (Å²) in [7, 11) is 1.68. The second-order valence-corrected chi connectivity index (χ2v) is 7.11. The number of rotatable bonds is 5. The summed E-state index contributed by atoms with van der Waals surface area (Å²) in [5, 5.41) is 3.27. The SMILES string of the molecule is CN(Cc1ccccc1)C(=O)C(C)(C)C(=O)Nc1cccc(Cl)c1Cl.